The first-order valence-electron chi connectivity index (χ1n) is 6.27. The summed E-state index contributed by atoms with van der Waals surface area (Å²) in [5.74, 6) is -0.0335. The molecule has 1 amide bonds. The van der Waals surface area contributed by atoms with E-state index in [1.54, 1.807) is 0 Å². The average molecular weight is 250 g/mol. The highest BCUT2D eigenvalue weighted by atomic mass is 16.5. The van der Waals surface area contributed by atoms with E-state index in [0.29, 0.717) is 19.7 Å². The molecule has 0 atom stereocenters. The molecular formula is C14H22N2O2. The van der Waals surface area contributed by atoms with Gasteiger partial charge in [0, 0.05) is 12.2 Å². The lowest BCUT2D eigenvalue weighted by Gasteiger charge is -2.10. The number of ether oxygens (including phenoxy) is 1. The minimum absolute atomic E-state index is 0.0335. The minimum Gasteiger partial charge on any atom is -0.377 e. The fourth-order valence-corrected chi connectivity index (χ4v) is 1.48. The van der Waals surface area contributed by atoms with Crippen molar-refractivity contribution in [1.29, 1.82) is 0 Å². The summed E-state index contributed by atoms with van der Waals surface area (Å²) in [7, 11) is 0. The van der Waals surface area contributed by atoms with Crippen molar-refractivity contribution >= 4 is 11.6 Å². The van der Waals surface area contributed by atoms with Gasteiger partial charge in [-0.15, -0.1) is 0 Å². The summed E-state index contributed by atoms with van der Waals surface area (Å²) in [6.45, 7) is 7.56. The van der Waals surface area contributed by atoms with Crippen LogP contribution in [-0.2, 0) is 9.53 Å². The molecule has 0 aromatic heterocycles. The predicted octanol–water partition coefficient (Wildman–Crippen LogP) is 1.95. The molecule has 100 valence electrons. The Hall–Kier alpha value is -1.39. The second kappa shape index (κ2) is 7.84. The molecule has 0 aliphatic rings. The number of nitrogens with one attached hydrogen (secondary N) is 2. The Morgan fingerprint density at radius 3 is 2.72 bits per heavy atom. The van der Waals surface area contributed by atoms with E-state index in [2.05, 4.69) is 10.6 Å². The second-order valence-electron chi connectivity index (χ2n) is 4.46. The molecule has 18 heavy (non-hydrogen) atoms. The van der Waals surface area contributed by atoms with Crippen molar-refractivity contribution in [2.75, 3.05) is 25.0 Å². The molecule has 1 rings (SSSR count). The Morgan fingerprint density at radius 1 is 1.33 bits per heavy atom. The van der Waals surface area contributed by atoms with Gasteiger partial charge in [-0.2, -0.15) is 0 Å². The maximum atomic E-state index is 11.6. The largest absolute Gasteiger partial charge is 0.377 e. The van der Waals surface area contributed by atoms with Gasteiger partial charge in [0.1, 0.15) is 0 Å². The highest BCUT2D eigenvalue weighted by Gasteiger charge is 2.03. The molecule has 2 N–H and O–H groups in total. The van der Waals surface area contributed by atoms with Crippen LogP contribution in [0, 0.1) is 6.92 Å². The fourth-order valence-electron chi connectivity index (χ4n) is 1.48. The molecule has 0 bridgehead atoms. The quantitative estimate of drug-likeness (QED) is 0.727. The molecule has 0 saturated carbocycles. The Labute approximate surface area is 109 Å². The van der Waals surface area contributed by atoms with Crippen molar-refractivity contribution in [2.24, 2.45) is 0 Å². The van der Waals surface area contributed by atoms with Gasteiger partial charge in [-0.1, -0.05) is 18.2 Å². The monoisotopic (exact) mass is 250 g/mol. The van der Waals surface area contributed by atoms with Gasteiger partial charge in [0.15, 0.2) is 0 Å². The third kappa shape index (κ3) is 5.80. The van der Waals surface area contributed by atoms with Gasteiger partial charge in [-0.05, 0) is 32.4 Å². The third-order valence-electron chi connectivity index (χ3n) is 2.43. The van der Waals surface area contributed by atoms with Crippen LogP contribution in [0.1, 0.15) is 19.4 Å². The highest BCUT2D eigenvalue weighted by molar-refractivity contribution is 5.92. The number of carbonyl (C=O) groups excluding carboxylic acids is 1. The van der Waals surface area contributed by atoms with Gasteiger partial charge in [0.2, 0.25) is 5.91 Å². The van der Waals surface area contributed by atoms with E-state index in [0.717, 1.165) is 11.3 Å². The molecule has 1 aromatic rings. The van der Waals surface area contributed by atoms with E-state index in [-0.39, 0.29) is 12.0 Å². The second-order valence-corrected chi connectivity index (χ2v) is 4.46. The summed E-state index contributed by atoms with van der Waals surface area (Å²) < 4.78 is 5.37. The Morgan fingerprint density at radius 2 is 2.06 bits per heavy atom. The summed E-state index contributed by atoms with van der Waals surface area (Å²) in [5.41, 5.74) is 1.93. The minimum atomic E-state index is -0.0335. The van der Waals surface area contributed by atoms with Crippen molar-refractivity contribution in [3.8, 4) is 0 Å². The molecule has 0 spiro atoms. The van der Waals surface area contributed by atoms with E-state index in [1.165, 1.54) is 0 Å². The molecular weight excluding hydrogens is 228 g/mol. The first-order chi connectivity index (χ1) is 8.59. The SMILES string of the molecule is Cc1ccccc1NC(=O)CNCCOC(C)C. The predicted molar refractivity (Wildman–Crippen MR) is 73.8 cm³/mol. The Bertz CT molecular complexity index is 378. The first kappa shape index (κ1) is 14.7. The summed E-state index contributed by atoms with van der Waals surface area (Å²) in [4.78, 5) is 11.6. The lowest BCUT2D eigenvalue weighted by atomic mass is 10.2. The smallest absolute Gasteiger partial charge is 0.238 e. The van der Waals surface area contributed by atoms with Crippen LogP contribution in [0.4, 0.5) is 5.69 Å². The van der Waals surface area contributed by atoms with Crippen LogP contribution in [-0.4, -0.2) is 31.7 Å². The molecule has 0 saturated heterocycles. The molecule has 1 aromatic carbocycles. The van der Waals surface area contributed by atoms with Gasteiger partial charge >= 0.3 is 0 Å². The van der Waals surface area contributed by atoms with Crippen molar-refractivity contribution < 1.29 is 9.53 Å². The van der Waals surface area contributed by atoms with E-state index < -0.39 is 0 Å². The van der Waals surface area contributed by atoms with Crippen LogP contribution in [0.3, 0.4) is 0 Å². The first-order valence-corrected chi connectivity index (χ1v) is 6.27. The maximum Gasteiger partial charge on any atom is 0.238 e. The molecule has 0 radical (unpaired) electrons. The van der Waals surface area contributed by atoms with Crippen LogP contribution in [0.5, 0.6) is 0 Å². The lowest BCUT2D eigenvalue weighted by molar-refractivity contribution is -0.115. The van der Waals surface area contributed by atoms with Crippen molar-refractivity contribution in [1.82, 2.24) is 5.32 Å². The number of rotatable bonds is 7. The van der Waals surface area contributed by atoms with E-state index >= 15 is 0 Å². The molecule has 0 fully saturated rings. The van der Waals surface area contributed by atoms with Gasteiger partial charge in [0.25, 0.3) is 0 Å². The van der Waals surface area contributed by atoms with Crippen molar-refractivity contribution in [3.63, 3.8) is 0 Å². The standard InChI is InChI=1S/C14H22N2O2/c1-11(2)18-9-8-15-10-14(17)16-13-7-5-4-6-12(13)3/h4-7,11,15H,8-10H2,1-3H3,(H,16,17). The summed E-state index contributed by atoms with van der Waals surface area (Å²) >= 11 is 0. The normalized spacial score (nSPS) is 10.7. The zero-order valence-electron chi connectivity index (χ0n) is 11.3. The molecule has 0 unspecified atom stereocenters. The topological polar surface area (TPSA) is 50.4 Å². The van der Waals surface area contributed by atoms with E-state index in [4.69, 9.17) is 4.74 Å². The molecule has 4 nitrogen and oxygen atoms in total. The Balaban J connectivity index is 2.20. The number of carbonyl (C=O) groups is 1. The fraction of sp³-hybridized carbons (Fsp3) is 0.500. The van der Waals surface area contributed by atoms with Gasteiger partial charge in [-0.25, -0.2) is 0 Å². The summed E-state index contributed by atoms with van der Waals surface area (Å²) in [5, 5.41) is 5.91. The lowest BCUT2D eigenvalue weighted by Crippen LogP contribution is -2.31. The number of hydrogen-bond donors (Lipinski definition) is 2. The molecule has 0 aliphatic heterocycles. The maximum absolute atomic E-state index is 11.6. The number of hydrogen-bond acceptors (Lipinski definition) is 3. The zero-order chi connectivity index (χ0) is 13.4. The van der Waals surface area contributed by atoms with Crippen LogP contribution in [0.15, 0.2) is 24.3 Å². The van der Waals surface area contributed by atoms with Crippen LogP contribution >= 0.6 is 0 Å². The summed E-state index contributed by atoms with van der Waals surface area (Å²) in [6.07, 6.45) is 0.229. The van der Waals surface area contributed by atoms with Gasteiger partial charge < -0.3 is 15.4 Å². The van der Waals surface area contributed by atoms with Crippen LogP contribution in [0.2, 0.25) is 0 Å². The van der Waals surface area contributed by atoms with E-state index in [1.807, 2.05) is 45.0 Å². The highest BCUT2D eigenvalue weighted by Crippen LogP contribution is 2.12. The Kier molecular flexibility index (Phi) is 6.39. The number of benzene rings is 1. The third-order valence-corrected chi connectivity index (χ3v) is 2.43. The molecule has 0 aliphatic carbocycles. The number of aryl methyl sites for hydroxylation is 1. The zero-order valence-corrected chi connectivity index (χ0v) is 11.3. The molecule has 0 heterocycles. The van der Waals surface area contributed by atoms with Gasteiger partial charge in [-0.3, -0.25) is 4.79 Å². The van der Waals surface area contributed by atoms with Crippen molar-refractivity contribution in [3.05, 3.63) is 29.8 Å². The van der Waals surface area contributed by atoms with Crippen molar-refractivity contribution in [2.45, 2.75) is 26.9 Å². The van der Waals surface area contributed by atoms with E-state index in [9.17, 15) is 4.79 Å². The van der Waals surface area contributed by atoms with Crippen LogP contribution < -0.4 is 10.6 Å². The average Bonchev–Trinajstić information content (AvgIpc) is 2.31. The number of amides is 1. The number of para-hydroxylation sites is 1. The van der Waals surface area contributed by atoms with Gasteiger partial charge in [0.05, 0.1) is 19.3 Å². The van der Waals surface area contributed by atoms with Crippen LogP contribution in [0.25, 0.3) is 0 Å². The summed E-state index contributed by atoms with van der Waals surface area (Å²) in [6, 6.07) is 7.73. The number of anilines is 1. The molecule has 4 heteroatoms.